The summed E-state index contributed by atoms with van der Waals surface area (Å²) < 4.78 is 12.8. The molecule has 0 atom stereocenters. The van der Waals surface area contributed by atoms with E-state index in [0.717, 1.165) is 21.7 Å². The summed E-state index contributed by atoms with van der Waals surface area (Å²) in [5.74, 6) is 0.0590. The maximum absolute atomic E-state index is 12.8. The molecule has 0 spiro atoms. The Morgan fingerprint density at radius 1 is 1.17 bits per heavy atom. The lowest BCUT2D eigenvalue weighted by Gasteiger charge is -2.17. The predicted octanol–water partition coefficient (Wildman–Crippen LogP) is 2.77. The van der Waals surface area contributed by atoms with E-state index in [-0.39, 0.29) is 24.1 Å². The van der Waals surface area contributed by atoms with Crippen molar-refractivity contribution in [1.29, 1.82) is 0 Å². The molecule has 2 amide bonds. The lowest BCUT2D eigenvalue weighted by molar-refractivity contribution is -0.120. The molecule has 0 bridgehead atoms. The van der Waals surface area contributed by atoms with Gasteiger partial charge in [-0.05, 0) is 41.8 Å². The predicted molar refractivity (Wildman–Crippen MR) is 92.6 cm³/mol. The summed E-state index contributed by atoms with van der Waals surface area (Å²) in [7, 11) is 0. The number of carbonyl (C=O) groups excluding carboxylic acids is 2. The van der Waals surface area contributed by atoms with Crippen LogP contribution in [0, 0.1) is 5.82 Å². The van der Waals surface area contributed by atoms with Crippen LogP contribution in [-0.4, -0.2) is 24.1 Å². The number of rotatable bonds is 5. The van der Waals surface area contributed by atoms with Gasteiger partial charge in [0.25, 0.3) is 0 Å². The van der Waals surface area contributed by atoms with Crippen LogP contribution in [0.2, 0.25) is 0 Å². The van der Waals surface area contributed by atoms with E-state index in [4.69, 9.17) is 0 Å². The lowest BCUT2D eigenvalue weighted by Crippen LogP contribution is -2.27. The van der Waals surface area contributed by atoms with Crippen LogP contribution in [-0.2, 0) is 22.4 Å². The van der Waals surface area contributed by atoms with E-state index < -0.39 is 0 Å². The number of hydrogen-bond acceptors (Lipinski definition) is 3. The Kier molecular flexibility index (Phi) is 5.15. The standard InChI is InChI=1S/C18H17FN2O2S/c19-14-4-1-12(2-5-14)10-17(22)20-8-7-13-3-6-16-15(9-13)21-18(23)11-24-16/h1-6,9H,7-8,10-11H2,(H,20,22)(H,21,23). The molecule has 0 unspecified atom stereocenters. The summed E-state index contributed by atoms with van der Waals surface area (Å²) in [5, 5.41) is 5.72. The topological polar surface area (TPSA) is 58.2 Å². The Labute approximate surface area is 143 Å². The molecule has 0 saturated carbocycles. The number of anilines is 1. The van der Waals surface area contributed by atoms with E-state index in [0.29, 0.717) is 18.7 Å². The average Bonchev–Trinajstić information content (AvgIpc) is 2.56. The Morgan fingerprint density at radius 2 is 1.92 bits per heavy atom. The van der Waals surface area contributed by atoms with Gasteiger partial charge in [0, 0.05) is 11.4 Å². The van der Waals surface area contributed by atoms with Crippen LogP contribution >= 0.6 is 11.8 Å². The summed E-state index contributed by atoms with van der Waals surface area (Å²) in [6.07, 6.45) is 0.917. The third-order valence-corrected chi connectivity index (χ3v) is 4.76. The van der Waals surface area contributed by atoms with Gasteiger partial charge in [-0.25, -0.2) is 4.39 Å². The number of benzene rings is 2. The highest BCUT2D eigenvalue weighted by Gasteiger charge is 2.15. The van der Waals surface area contributed by atoms with Gasteiger partial charge in [-0.2, -0.15) is 0 Å². The highest BCUT2D eigenvalue weighted by atomic mass is 32.2. The van der Waals surface area contributed by atoms with Crippen molar-refractivity contribution in [3.63, 3.8) is 0 Å². The molecule has 3 rings (SSSR count). The fraction of sp³-hybridized carbons (Fsp3) is 0.222. The number of nitrogens with one attached hydrogen (secondary N) is 2. The van der Waals surface area contributed by atoms with Gasteiger partial charge in [-0.15, -0.1) is 11.8 Å². The smallest absolute Gasteiger partial charge is 0.234 e. The first kappa shape index (κ1) is 16.5. The van der Waals surface area contributed by atoms with Gasteiger partial charge in [0.15, 0.2) is 0 Å². The van der Waals surface area contributed by atoms with E-state index in [2.05, 4.69) is 10.6 Å². The van der Waals surface area contributed by atoms with Crippen molar-refractivity contribution in [3.05, 3.63) is 59.4 Å². The molecule has 0 fully saturated rings. The molecule has 4 nitrogen and oxygen atoms in total. The molecule has 0 aliphatic carbocycles. The molecular formula is C18H17FN2O2S. The number of hydrogen-bond donors (Lipinski definition) is 2. The van der Waals surface area contributed by atoms with Crippen molar-refractivity contribution in [2.45, 2.75) is 17.7 Å². The van der Waals surface area contributed by atoms with E-state index in [1.54, 1.807) is 12.1 Å². The van der Waals surface area contributed by atoms with Gasteiger partial charge in [0.05, 0.1) is 17.9 Å². The first-order valence-electron chi connectivity index (χ1n) is 7.67. The molecule has 1 aliphatic rings. The molecule has 6 heteroatoms. The Bertz CT molecular complexity index is 762. The molecular weight excluding hydrogens is 327 g/mol. The Balaban J connectivity index is 1.49. The quantitative estimate of drug-likeness (QED) is 0.877. The van der Waals surface area contributed by atoms with Gasteiger partial charge in [-0.3, -0.25) is 9.59 Å². The summed E-state index contributed by atoms with van der Waals surface area (Å²) in [6, 6.07) is 11.9. The molecule has 0 aromatic heterocycles. The second-order valence-electron chi connectivity index (χ2n) is 5.57. The maximum Gasteiger partial charge on any atom is 0.234 e. The third-order valence-electron chi connectivity index (χ3n) is 3.69. The van der Waals surface area contributed by atoms with Crippen LogP contribution in [0.25, 0.3) is 0 Å². The zero-order chi connectivity index (χ0) is 16.9. The van der Waals surface area contributed by atoms with Crippen LogP contribution < -0.4 is 10.6 Å². The highest BCUT2D eigenvalue weighted by molar-refractivity contribution is 8.00. The maximum atomic E-state index is 12.8. The number of carbonyl (C=O) groups is 2. The number of halogens is 1. The number of fused-ring (bicyclic) bond motifs is 1. The van der Waals surface area contributed by atoms with Gasteiger partial charge in [0.1, 0.15) is 5.82 Å². The zero-order valence-corrected chi connectivity index (χ0v) is 13.8. The Hall–Kier alpha value is -2.34. The van der Waals surface area contributed by atoms with Crippen molar-refractivity contribution in [2.75, 3.05) is 17.6 Å². The fourth-order valence-corrected chi connectivity index (χ4v) is 3.27. The number of thioether (sulfide) groups is 1. The first-order valence-corrected chi connectivity index (χ1v) is 8.65. The van der Waals surface area contributed by atoms with E-state index in [1.165, 1.54) is 23.9 Å². The van der Waals surface area contributed by atoms with Gasteiger partial charge in [-0.1, -0.05) is 18.2 Å². The van der Waals surface area contributed by atoms with Crippen molar-refractivity contribution in [3.8, 4) is 0 Å². The molecule has 0 radical (unpaired) electrons. The van der Waals surface area contributed by atoms with Crippen LogP contribution in [0.15, 0.2) is 47.4 Å². The van der Waals surface area contributed by atoms with Crippen molar-refractivity contribution < 1.29 is 14.0 Å². The normalized spacial score (nSPS) is 13.1. The average molecular weight is 344 g/mol. The molecule has 2 aromatic carbocycles. The zero-order valence-electron chi connectivity index (χ0n) is 13.0. The summed E-state index contributed by atoms with van der Waals surface area (Å²) in [5.41, 5.74) is 2.67. The molecule has 0 saturated heterocycles. The van der Waals surface area contributed by atoms with E-state index in [9.17, 15) is 14.0 Å². The minimum Gasteiger partial charge on any atom is -0.355 e. The van der Waals surface area contributed by atoms with Gasteiger partial charge >= 0.3 is 0 Å². The van der Waals surface area contributed by atoms with Crippen LogP contribution in [0.5, 0.6) is 0 Å². The van der Waals surface area contributed by atoms with E-state index >= 15 is 0 Å². The van der Waals surface area contributed by atoms with Crippen molar-refractivity contribution in [1.82, 2.24) is 5.32 Å². The second kappa shape index (κ2) is 7.49. The monoisotopic (exact) mass is 344 g/mol. The molecule has 24 heavy (non-hydrogen) atoms. The lowest BCUT2D eigenvalue weighted by atomic mass is 10.1. The SMILES string of the molecule is O=C(Cc1ccc(F)cc1)NCCc1ccc2c(c1)NC(=O)CS2. The molecule has 1 aliphatic heterocycles. The van der Waals surface area contributed by atoms with Crippen LogP contribution in [0.3, 0.4) is 0 Å². The third kappa shape index (κ3) is 4.35. The second-order valence-corrected chi connectivity index (χ2v) is 6.59. The first-order chi connectivity index (χ1) is 11.6. The summed E-state index contributed by atoms with van der Waals surface area (Å²) in [6.45, 7) is 0.514. The van der Waals surface area contributed by atoms with E-state index in [1.807, 2.05) is 18.2 Å². The molecule has 1 heterocycles. The van der Waals surface area contributed by atoms with Crippen molar-refractivity contribution >= 4 is 29.3 Å². The molecule has 124 valence electrons. The van der Waals surface area contributed by atoms with Gasteiger partial charge < -0.3 is 10.6 Å². The van der Waals surface area contributed by atoms with Crippen LogP contribution in [0.1, 0.15) is 11.1 Å². The van der Waals surface area contributed by atoms with Crippen LogP contribution in [0.4, 0.5) is 10.1 Å². The minimum atomic E-state index is -0.308. The summed E-state index contributed by atoms with van der Waals surface area (Å²) in [4.78, 5) is 24.4. The van der Waals surface area contributed by atoms with Crippen molar-refractivity contribution in [2.24, 2.45) is 0 Å². The summed E-state index contributed by atoms with van der Waals surface area (Å²) >= 11 is 1.53. The highest BCUT2D eigenvalue weighted by Crippen LogP contribution is 2.31. The van der Waals surface area contributed by atoms with Gasteiger partial charge in [0.2, 0.25) is 11.8 Å². The molecule has 2 aromatic rings. The number of amides is 2. The Morgan fingerprint density at radius 3 is 2.71 bits per heavy atom. The largest absolute Gasteiger partial charge is 0.355 e. The molecule has 2 N–H and O–H groups in total. The minimum absolute atomic E-state index is 0.0113. The fourth-order valence-electron chi connectivity index (χ4n) is 2.48.